The number of hydrogen-bond donors (Lipinski definition) is 0. The number of methoxy groups -OCH3 is 4. The van der Waals surface area contributed by atoms with E-state index in [0.29, 0.717) is 56.3 Å². The number of aromatic nitrogens is 2. The van der Waals surface area contributed by atoms with Crippen molar-refractivity contribution < 1.29 is 28.4 Å². The summed E-state index contributed by atoms with van der Waals surface area (Å²) in [6.45, 7) is 4.13. The normalized spacial score (nSPS) is 18.9. The van der Waals surface area contributed by atoms with Crippen molar-refractivity contribution in [1.82, 2.24) is 9.13 Å². The van der Waals surface area contributed by atoms with Crippen molar-refractivity contribution in [3.63, 3.8) is 0 Å². The molecule has 0 amide bonds. The lowest BCUT2D eigenvalue weighted by Gasteiger charge is -2.42. The molecule has 0 N–H and O–H groups in total. The maximum absolute atomic E-state index is 14.2. The second-order valence-electron chi connectivity index (χ2n) is 10.8. The Kier molecular flexibility index (Phi) is 6.68. The van der Waals surface area contributed by atoms with Crippen molar-refractivity contribution in [2.24, 2.45) is 14.1 Å². The smallest absolute Gasteiger partial charge is 0.258 e. The molecular formula is C32H34N2O8. The van der Waals surface area contributed by atoms with Gasteiger partial charge in [0.2, 0.25) is 0 Å². The number of pyridine rings is 2. The van der Waals surface area contributed by atoms with Gasteiger partial charge in [-0.25, -0.2) is 0 Å². The highest BCUT2D eigenvalue weighted by molar-refractivity contribution is 5.94. The first-order chi connectivity index (χ1) is 20.2. The zero-order valence-electron chi connectivity index (χ0n) is 25.0. The van der Waals surface area contributed by atoms with Crippen LogP contribution in [0.4, 0.5) is 0 Å². The second kappa shape index (κ2) is 10.1. The number of hydrogen-bond acceptors (Lipinski definition) is 8. The van der Waals surface area contributed by atoms with Crippen LogP contribution in [-0.4, -0.2) is 43.7 Å². The van der Waals surface area contributed by atoms with E-state index in [1.54, 1.807) is 50.6 Å². The largest absolute Gasteiger partial charge is 0.493 e. The van der Waals surface area contributed by atoms with Crippen LogP contribution in [0, 0.1) is 0 Å². The highest BCUT2D eigenvalue weighted by Gasteiger charge is 2.47. The molecule has 0 bridgehead atoms. The third kappa shape index (κ3) is 3.74. The van der Waals surface area contributed by atoms with Gasteiger partial charge < -0.3 is 37.6 Å². The highest BCUT2D eigenvalue weighted by Crippen LogP contribution is 2.51. The molecule has 4 aromatic rings. The van der Waals surface area contributed by atoms with E-state index < -0.39 is 18.1 Å². The third-order valence-corrected chi connectivity index (χ3v) is 8.37. The van der Waals surface area contributed by atoms with Crippen LogP contribution in [0.2, 0.25) is 0 Å². The molecule has 2 aromatic carbocycles. The van der Waals surface area contributed by atoms with Gasteiger partial charge in [-0.15, -0.1) is 0 Å². The van der Waals surface area contributed by atoms with Crippen molar-refractivity contribution >= 4 is 21.8 Å². The van der Waals surface area contributed by atoms with Gasteiger partial charge in [0.15, 0.2) is 29.1 Å². The van der Waals surface area contributed by atoms with Crippen LogP contribution in [-0.2, 0) is 25.4 Å². The van der Waals surface area contributed by atoms with Crippen LogP contribution in [0.3, 0.4) is 0 Å². The fraction of sp³-hybridized carbons (Fsp3) is 0.375. The second-order valence-corrected chi connectivity index (χ2v) is 10.8. The lowest BCUT2D eigenvalue weighted by molar-refractivity contribution is -0.0698. The molecule has 0 spiro atoms. The first-order valence-electron chi connectivity index (χ1n) is 13.7. The predicted octanol–water partition coefficient (Wildman–Crippen LogP) is 4.51. The first kappa shape index (κ1) is 27.7. The number of ether oxygens (including phenoxy) is 6. The van der Waals surface area contributed by atoms with Crippen LogP contribution in [0.1, 0.15) is 42.6 Å². The summed E-state index contributed by atoms with van der Waals surface area (Å²) in [5.41, 5.74) is 3.40. The Balaban J connectivity index is 1.69. The molecule has 10 nitrogen and oxygen atoms in total. The van der Waals surface area contributed by atoms with Crippen molar-refractivity contribution in [2.75, 3.05) is 28.4 Å². The fourth-order valence-corrected chi connectivity index (χ4v) is 6.54. The first-order valence-corrected chi connectivity index (χ1v) is 13.7. The van der Waals surface area contributed by atoms with E-state index >= 15 is 0 Å². The minimum atomic E-state index is -0.776. The van der Waals surface area contributed by atoms with E-state index in [1.807, 2.05) is 38.1 Å². The van der Waals surface area contributed by atoms with Gasteiger partial charge in [0.25, 0.3) is 11.1 Å². The quantitative estimate of drug-likeness (QED) is 0.321. The molecule has 0 radical (unpaired) electrons. The SMILES string of the molecule is COc1ccc2c3c(c(=O)n(C)c2c1OC)[C@H]1Oc2c(c(=O)n(C)c4c(OC)c(OC)ccc24)[C@@H](C=C(C)C)[C@@H]1OC3. The van der Waals surface area contributed by atoms with Gasteiger partial charge in [-0.3, -0.25) is 9.59 Å². The molecule has 3 atom stereocenters. The Morgan fingerprint density at radius 3 is 1.90 bits per heavy atom. The Morgan fingerprint density at radius 2 is 1.36 bits per heavy atom. The number of nitrogens with zero attached hydrogens (tertiary/aromatic N) is 2. The van der Waals surface area contributed by atoms with Gasteiger partial charge in [0.05, 0.1) is 51.7 Å². The Morgan fingerprint density at radius 1 is 0.810 bits per heavy atom. The van der Waals surface area contributed by atoms with Gasteiger partial charge in [0, 0.05) is 30.8 Å². The van der Waals surface area contributed by atoms with E-state index in [9.17, 15) is 9.59 Å². The predicted molar refractivity (Wildman–Crippen MR) is 159 cm³/mol. The molecule has 0 saturated carbocycles. The highest BCUT2D eigenvalue weighted by atomic mass is 16.6. The molecule has 10 heteroatoms. The van der Waals surface area contributed by atoms with Gasteiger partial charge in [0.1, 0.15) is 17.4 Å². The fourth-order valence-electron chi connectivity index (χ4n) is 6.54. The van der Waals surface area contributed by atoms with Crippen LogP contribution in [0.15, 0.2) is 45.5 Å². The van der Waals surface area contributed by atoms with Gasteiger partial charge in [-0.2, -0.15) is 0 Å². The topological polar surface area (TPSA) is 99.4 Å². The molecule has 6 rings (SSSR count). The Labute approximate surface area is 242 Å². The molecule has 42 heavy (non-hydrogen) atoms. The van der Waals surface area contributed by atoms with E-state index in [2.05, 4.69) is 0 Å². The molecule has 2 aromatic heterocycles. The van der Waals surface area contributed by atoms with Gasteiger partial charge in [-0.05, 0) is 43.7 Å². The van der Waals surface area contributed by atoms with Crippen molar-refractivity contribution in [3.8, 4) is 28.7 Å². The maximum atomic E-state index is 14.2. The molecule has 4 heterocycles. The summed E-state index contributed by atoms with van der Waals surface area (Å²) < 4.78 is 38.8. The summed E-state index contributed by atoms with van der Waals surface area (Å²) in [6.07, 6.45) is 0.647. The van der Waals surface area contributed by atoms with Gasteiger partial charge >= 0.3 is 0 Å². The maximum Gasteiger partial charge on any atom is 0.258 e. The molecule has 0 fully saturated rings. The summed E-state index contributed by atoms with van der Waals surface area (Å²) in [5, 5.41) is 1.48. The number of allylic oxidation sites excluding steroid dienone is 1. The molecule has 0 saturated heterocycles. The molecule has 0 unspecified atom stereocenters. The standard InChI is InChI=1S/C32H34N2O8/c1-15(2)13-18-22-26(17-10-12-21(38-6)29(40-8)25(17)34(4)31(22)35)42-30-23-19(14-41-27(18)30)16-9-11-20(37-5)28(39-7)24(16)33(3)32(23)36/h9-13,18,27,30H,14H2,1-8H3/t18-,27+,30-/m1/s1. The zero-order chi connectivity index (χ0) is 30.0. The Hall–Kier alpha value is -4.44. The van der Waals surface area contributed by atoms with E-state index in [4.69, 9.17) is 28.4 Å². The third-order valence-electron chi connectivity index (χ3n) is 8.37. The van der Waals surface area contributed by atoms with E-state index in [-0.39, 0.29) is 17.7 Å². The van der Waals surface area contributed by atoms with Crippen molar-refractivity contribution in [3.05, 3.63) is 73.3 Å². The summed E-state index contributed by atoms with van der Waals surface area (Å²) in [6, 6.07) is 7.37. The zero-order valence-corrected chi connectivity index (χ0v) is 25.0. The average molecular weight is 575 g/mol. The average Bonchev–Trinajstić information content (AvgIpc) is 2.99. The van der Waals surface area contributed by atoms with E-state index in [0.717, 1.165) is 16.5 Å². The number of aryl methyl sites for hydroxylation is 2. The molecular weight excluding hydrogens is 540 g/mol. The van der Waals surface area contributed by atoms with Gasteiger partial charge in [-0.1, -0.05) is 11.6 Å². The molecule has 220 valence electrons. The molecule has 2 aliphatic rings. The summed E-state index contributed by atoms with van der Waals surface area (Å²) in [4.78, 5) is 28.2. The monoisotopic (exact) mass is 574 g/mol. The minimum absolute atomic E-state index is 0.170. The Bertz CT molecular complexity index is 1920. The summed E-state index contributed by atoms with van der Waals surface area (Å²) in [5.74, 6) is 1.85. The number of benzene rings is 2. The lowest BCUT2D eigenvalue weighted by atomic mass is 9.80. The number of fused-ring (bicyclic) bond motifs is 8. The summed E-state index contributed by atoms with van der Waals surface area (Å²) in [7, 11) is 9.61. The van der Waals surface area contributed by atoms with Crippen molar-refractivity contribution in [1.29, 1.82) is 0 Å². The summed E-state index contributed by atoms with van der Waals surface area (Å²) >= 11 is 0. The van der Waals surface area contributed by atoms with E-state index in [1.165, 1.54) is 7.11 Å². The molecule has 2 aliphatic heterocycles. The van der Waals surface area contributed by atoms with Crippen LogP contribution >= 0.6 is 0 Å². The van der Waals surface area contributed by atoms with Crippen molar-refractivity contribution in [2.45, 2.75) is 38.6 Å². The minimum Gasteiger partial charge on any atom is -0.493 e. The number of rotatable bonds is 5. The molecule has 0 aliphatic carbocycles. The van der Waals surface area contributed by atoms with Crippen LogP contribution < -0.4 is 34.8 Å². The van der Waals surface area contributed by atoms with Crippen LogP contribution in [0.5, 0.6) is 28.7 Å². The lowest BCUT2D eigenvalue weighted by Crippen LogP contribution is -2.46. The van der Waals surface area contributed by atoms with Crippen LogP contribution in [0.25, 0.3) is 21.8 Å².